The van der Waals surface area contributed by atoms with Crippen LogP contribution in [0.5, 0.6) is 0 Å². The molecule has 1 heterocycles. The zero-order valence-corrected chi connectivity index (χ0v) is 14.7. The van der Waals surface area contributed by atoms with Crippen molar-refractivity contribution >= 4 is 18.3 Å². The third kappa shape index (κ3) is 4.99. The number of carbonyl (C=O) groups is 1. The van der Waals surface area contributed by atoms with Crippen LogP contribution < -0.4 is 5.73 Å². The van der Waals surface area contributed by atoms with Gasteiger partial charge in [-0.3, -0.25) is 4.79 Å². The number of carbonyl (C=O) groups excluding carboxylic acids is 1. The minimum absolute atomic E-state index is 0. The van der Waals surface area contributed by atoms with E-state index in [-0.39, 0.29) is 23.7 Å². The summed E-state index contributed by atoms with van der Waals surface area (Å²) in [5.41, 5.74) is 7.32. The Kier molecular flexibility index (Phi) is 6.89. The molecular formula is C18H29ClN2O. The minimum atomic E-state index is -0.400. The van der Waals surface area contributed by atoms with Crippen LogP contribution in [0.25, 0.3) is 0 Å². The van der Waals surface area contributed by atoms with Crippen molar-refractivity contribution in [3.05, 3.63) is 35.9 Å². The molecule has 0 bridgehead atoms. The van der Waals surface area contributed by atoms with Gasteiger partial charge in [0.1, 0.15) is 0 Å². The van der Waals surface area contributed by atoms with E-state index in [2.05, 4.69) is 30.3 Å². The molecule has 1 atom stereocenters. The molecule has 2 rings (SSSR count). The quantitative estimate of drug-likeness (QED) is 0.927. The van der Waals surface area contributed by atoms with Gasteiger partial charge in [0.2, 0.25) is 5.91 Å². The lowest BCUT2D eigenvalue weighted by molar-refractivity contribution is -0.136. The molecule has 0 aromatic heterocycles. The largest absolute Gasteiger partial charge is 0.341 e. The van der Waals surface area contributed by atoms with Crippen LogP contribution in [0.3, 0.4) is 0 Å². The van der Waals surface area contributed by atoms with E-state index in [0.717, 1.165) is 32.4 Å². The Hall–Kier alpha value is -1.06. The number of hydrogen-bond acceptors (Lipinski definition) is 2. The van der Waals surface area contributed by atoms with Gasteiger partial charge in [-0.05, 0) is 36.2 Å². The van der Waals surface area contributed by atoms with Gasteiger partial charge in [0, 0.05) is 13.1 Å². The topological polar surface area (TPSA) is 46.3 Å². The van der Waals surface area contributed by atoms with Crippen LogP contribution in [0.4, 0.5) is 0 Å². The number of nitrogens with zero attached hydrogens (tertiary/aromatic N) is 1. The van der Waals surface area contributed by atoms with Crippen LogP contribution in [0.1, 0.15) is 39.2 Å². The predicted molar refractivity (Wildman–Crippen MR) is 94.1 cm³/mol. The van der Waals surface area contributed by atoms with E-state index in [4.69, 9.17) is 5.73 Å². The molecule has 1 aromatic carbocycles. The number of benzene rings is 1. The molecule has 0 radical (unpaired) electrons. The summed E-state index contributed by atoms with van der Waals surface area (Å²) in [6, 6.07) is 10.2. The maximum absolute atomic E-state index is 12.4. The molecule has 22 heavy (non-hydrogen) atoms. The summed E-state index contributed by atoms with van der Waals surface area (Å²) in [4.78, 5) is 14.4. The lowest BCUT2D eigenvalue weighted by Crippen LogP contribution is -2.52. The molecule has 1 aromatic rings. The second-order valence-corrected chi connectivity index (χ2v) is 7.30. The Morgan fingerprint density at radius 3 is 2.27 bits per heavy atom. The van der Waals surface area contributed by atoms with Gasteiger partial charge in [0.15, 0.2) is 0 Å². The van der Waals surface area contributed by atoms with Crippen LogP contribution in [-0.4, -0.2) is 29.9 Å². The van der Waals surface area contributed by atoms with Gasteiger partial charge in [-0.2, -0.15) is 0 Å². The summed E-state index contributed by atoms with van der Waals surface area (Å²) in [6.45, 7) is 7.77. The number of piperidine rings is 1. The first-order valence-electron chi connectivity index (χ1n) is 7.96. The standard InChI is InChI=1S/C18H28N2O.ClH/c1-18(2,3)16(19)17(21)20-11-9-15(10-12-20)13-14-7-5-4-6-8-14;/h4-8,15-16H,9-13,19H2,1-3H3;1H/t16-;/m1./s1. The highest BCUT2D eigenvalue weighted by Gasteiger charge is 2.32. The average molecular weight is 325 g/mol. The van der Waals surface area contributed by atoms with Crippen molar-refractivity contribution in [1.29, 1.82) is 0 Å². The van der Waals surface area contributed by atoms with E-state index >= 15 is 0 Å². The van der Waals surface area contributed by atoms with Crippen molar-refractivity contribution in [2.75, 3.05) is 13.1 Å². The Labute approximate surface area is 140 Å². The number of hydrogen-bond donors (Lipinski definition) is 1. The first kappa shape index (κ1) is 19.0. The monoisotopic (exact) mass is 324 g/mol. The number of amides is 1. The first-order valence-corrected chi connectivity index (χ1v) is 7.96. The van der Waals surface area contributed by atoms with Gasteiger partial charge in [-0.1, -0.05) is 51.1 Å². The Morgan fingerprint density at radius 1 is 1.23 bits per heavy atom. The summed E-state index contributed by atoms with van der Waals surface area (Å²) in [5.74, 6) is 0.794. The number of rotatable bonds is 3. The summed E-state index contributed by atoms with van der Waals surface area (Å²) >= 11 is 0. The summed E-state index contributed by atoms with van der Waals surface area (Å²) < 4.78 is 0. The van der Waals surface area contributed by atoms with E-state index in [1.807, 2.05) is 25.7 Å². The van der Waals surface area contributed by atoms with Gasteiger partial charge in [0.05, 0.1) is 6.04 Å². The SMILES string of the molecule is CC(C)(C)[C@H](N)C(=O)N1CCC(Cc2ccccc2)CC1.Cl. The van der Waals surface area contributed by atoms with Crippen molar-refractivity contribution in [2.45, 2.75) is 46.1 Å². The van der Waals surface area contributed by atoms with Gasteiger partial charge in [-0.25, -0.2) is 0 Å². The fourth-order valence-corrected chi connectivity index (χ4v) is 2.87. The maximum Gasteiger partial charge on any atom is 0.240 e. The van der Waals surface area contributed by atoms with E-state index < -0.39 is 6.04 Å². The van der Waals surface area contributed by atoms with E-state index in [1.165, 1.54) is 5.56 Å². The van der Waals surface area contributed by atoms with Crippen LogP contribution >= 0.6 is 12.4 Å². The normalized spacial score (nSPS) is 17.7. The Morgan fingerprint density at radius 2 is 1.77 bits per heavy atom. The van der Waals surface area contributed by atoms with Gasteiger partial charge in [0.25, 0.3) is 0 Å². The molecular weight excluding hydrogens is 296 g/mol. The van der Waals surface area contributed by atoms with Gasteiger partial charge >= 0.3 is 0 Å². The van der Waals surface area contributed by atoms with Crippen molar-refractivity contribution in [3.8, 4) is 0 Å². The minimum Gasteiger partial charge on any atom is -0.341 e. The summed E-state index contributed by atoms with van der Waals surface area (Å²) in [7, 11) is 0. The fraction of sp³-hybridized carbons (Fsp3) is 0.611. The highest BCUT2D eigenvalue weighted by Crippen LogP contribution is 2.24. The first-order chi connectivity index (χ1) is 9.88. The highest BCUT2D eigenvalue weighted by atomic mass is 35.5. The molecule has 4 heteroatoms. The molecule has 2 N–H and O–H groups in total. The van der Waals surface area contributed by atoms with Crippen LogP contribution in [-0.2, 0) is 11.2 Å². The molecule has 0 aliphatic carbocycles. The molecule has 0 unspecified atom stereocenters. The lowest BCUT2D eigenvalue weighted by atomic mass is 9.85. The number of likely N-dealkylation sites (tertiary alicyclic amines) is 1. The molecule has 124 valence electrons. The summed E-state index contributed by atoms with van der Waals surface area (Å²) in [5, 5.41) is 0. The number of halogens is 1. The maximum atomic E-state index is 12.4. The van der Waals surface area contributed by atoms with Crippen LogP contribution in [0.2, 0.25) is 0 Å². The highest BCUT2D eigenvalue weighted by molar-refractivity contribution is 5.85. The molecule has 1 saturated heterocycles. The van der Waals surface area contributed by atoms with E-state index in [0.29, 0.717) is 5.92 Å². The van der Waals surface area contributed by atoms with Crippen LogP contribution in [0.15, 0.2) is 30.3 Å². The Bertz CT molecular complexity index is 462. The molecule has 0 saturated carbocycles. The van der Waals surface area contributed by atoms with E-state index in [9.17, 15) is 4.79 Å². The Balaban J connectivity index is 0.00000242. The van der Waals surface area contributed by atoms with E-state index in [1.54, 1.807) is 0 Å². The summed E-state index contributed by atoms with van der Waals surface area (Å²) in [6.07, 6.45) is 3.28. The second kappa shape index (κ2) is 7.98. The van der Waals surface area contributed by atoms with Crippen molar-refractivity contribution in [2.24, 2.45) is 17.1 Å². The third-order valence-corrected chi connectivity index (χ3v) is 4.49. The van der Waals surface area contributed by atoms with Crippen LogP contribution in [0, 0.1) is 11.3 Å². The molecule has 1 aliphatic heterocycles. The van der Waals surface area contributed by atoms with Crippen molar-refractivity contribution in [1.82, 2.24) is 4.90 Å². The smallest absolute Gasteiger partial charge is 0.240 e. The molecule has 1 fully saturated rings. The second-order valence-electron chi connectivity index (χ2n) is 7.30. The molecule has 0 spiro atoms. The molecule has 1 aliphatic rings. The zero-order valence-electron chi connectivity index (χ0n) is 13.9. The van der Waals surface area contributed by atoms with Gasteiger partial charge < -0.3 is 10.6 Å². The average Bonchev–Trinajstić information content (AvgIpc) is 2.46. The number of nitrogens with two attached hydrogens (primary N) is 1. The third-order valence-electron chi connectivity index (χ3n) is 4.49. The van der Waals surface area contributed by atoms with Crippen molar-refractivity contribution < 1.29 is 4.79 Å². The molecule has 1 amide bonds. The predicted octanol–water partition coefficient (Wildman–Crippen LogP) is 3.26. The van der Waals surface area contributed by atoms with Gasteiger partial charge in [-0.15, -0.1) is 12.4 Å². The molecule has 3 nitrogen and oxygen atoms in total. The fourth-order valence-electron chi connectivity index (χ4n) is 2.87. The zero-order chi connectivity index (χ0) is 15.5. The lowest BCUT2D eigenvalue weighted by Gasteiger charge is -2.36. The van der Waals surface area contributed by atoms with Crippen molar-refractivity contribution in [3.63, 3.8) is 0 Å².